The van der Waals surface area contributed by atoms with Gasteiger partial charge < -0.3 is 5.11 Å². The first-order chi connectivity index (χ1) is 9.76. The number of hydrogen-bond acceptors (Lipinski definition) is 4. The first-order valence-corrected chi connectivity index (χ1v) is 7.66. The lowest BCUT2D eigenvalue weighted by atomic mass is 10.3. The van der Waals surface area contributed by atoms with Crippen LogP contribution < -0.4 is 4.72 Å². The summed E-state index contributed by atoms with van der Waals surface area (Å²) in [5, 5.41) is 9.95. The van der Waals surface area contributed by atoms with E-state index in [1.807, 2.05) is 0 Å². The summed E-state index contributed by atoms with van der Waals surface area (Å²) in [5.41, 5.74) is -1.44. The van der Waals surface area contributed by atoms with E-state index in [-0.39, 0.29) is 11.0 Å². The molecule has 0 aliphatic rings. The zero-order chi connectivity index (χ0) is 15.8. The van der Waals surface area contributed by atoms with Crippen molar-refractivity contribution in [1.29, 1.82) is 0 Å². The molecule has 2 aromatic rings. The van der Waals surface area contributed by atoms with Crippen LogP contribution in [0.25, 0.3) is 0 Å². The average molecular weight is 341 g/mol. The minimum atomic E-state index is -4.45. The molecule has 0 unspecified atom stereocenters. The third-order valence-corrected chi connectivity index (χ3v) is 4.84. The first-order valence-electron chi connectivity index (χ1n) is 5.30. The highest BCUT2D eigenvalue weighted by molar-refractivity contribution is 7.92. The number of aliphatic hydroxyl groups is 1. The molecule has 0 spiro atoms. The Morgan fingerprint density at radius 2 is 1.67 bits per heavy atom. The fraction of sp³-hybridized carbons (Fsp3) is 0.0909. The zero-order valence-corrected chi connectivity index (χ0v) is 11.7. The SMILES string of the molecule is O=S(=O)(Nc1c(F)c(F)cc(F)c1F)c1csc(CO)c1. The van der Waals surface area contributed by atoms with Crippen molar-refractivity contribution in [1.82, 2.24) is 0 Å². The summed E-state index contributed by atoms with van der Waals surface area (Å²) in [6.45, 7) is -0.419. The number of halogens is 4. The molecule has 0 saturated heterocycles. The molecule has 0 saturated carbocycles. The summed E-state index contributed by atoms with van der Waals surface area (Å²) in [6.07, 6.45) is 0. The minimum absolute atomic E-state index is 0.0308. The van der Waals surface area contributed by atoms with Crippen LogP contribution in [0.2, 0.25) is 0 Å². The summed E-state index contributed by atoms with van der Waals surface area (Å²) >= 11 is 0.897. The first kappa shape index (κ1) is 15.7. The molecule has 1 aromatic carbocycles. The molecule has 0 aliphatic heterocycles. The van der Waals surface area contributed by atoms with Crippen LogP contribution in [-0.4, -0.2) is 13.5 Å². The van der Waals surface area contributed by atoms with Crippen molar-refractivity contribution in [3.8, 4) is 0 Å². The van der Waals surface area contributed by atoms with Crippen molar-refractivity contribution in [2.45, 2.75) is 11.5 Å². The maximum absolute atomic E-state index is 13.4. The lowest BCUT2D eigenvalue weighted by Gasteiger charge is -2.09. The van der Waals surface area contributed by atoms with Crippen LogP contribution in [-0.2, 0) is 16.6 Å². The second-order valence-electron chi connectivity index (χ2n) is 3.86. The van der Waals surface area contributed by atoms with Gasteiger partial charge in [-0.3, -0.25) is 4.72 Å². The third kappa shape index (κ3) is 3.01. The van der Waals surface area contributed by atoms with Crippen LogP contribution in [0.5, 0.6) is 0 Å². The molecule has 0 amide bonds. The van der Waals surface area contributed by atoms with Crippen LogP contribution in [0, 0.1) is 23.3 Å². The van der Waals surface area contributed by atoms with Gasteiger partial charge in [0.25, 0.3) is 10.0 Å². The summed E-state index contributed by atoms with van der Waals surface area (Å²) < 4.78 is 78.1. The van der Waals surface area contributed by atoms with E-state index in [1.165, 1.54) is 4.72 Å². The van der Waals surface area contributed by atoms with Crippen LogP contribution in [0.1, 0.15) is 4.88 Å². The van der Waals surface area contributed by atoms with Crippen molar-refractivity contribution in [3.63, 3.8) is 0 Å². The van der Waals surface area contributed by atoms with Gasteiger partial charge in [-0.1, -0.05) is 0 Å². The fourth-order valence-electron chi connectivity index (χ4n) is 1.44. The Labute approximate surface area is 120 Å². The average Bonchev–Trinajstić information content (AvgIpc) is 2.91. The molecule has 0 fully saturated rings. The number of rotatable bonds is 4. The monoisotopic (exact) mass is 341 g/mol. The highest BCUT2D eigenvalue weighted by Crippen LogP contribution is 2.28. The standard InChI is InChI=1S/C11H7F4NO3S2/c12-7-2-8(13)10(15)11(9(7)14)16-21(18,19)6-1-5(3-17)20-4-6/h1-2,4,16-17H,3H2. The molecule has 0 bridgehead atoms. The van der Waals surface area contributed by atoms with E-state index in [4.69, 9.17) is 5.11 Å². The van der Waals surface area contributed by atoms with Gasteiger partial charge in [0.2, 0.25) is 0 Å². The van der Waals surface area contributed by atoms with Crippen molar-refractivity contribution in [2.24, 2.45) is 0 Å². The fourth-order valence-corrected chi connectivity index (χ4v) is 3.63. The molecule has 4 nitrogen and oxygen atoms in total. The smallest absolute Gasteiger partial charge is 0.262 e. The van der Waals surface area contributed by atoms with Gasteiger partial charge in [0, 0.05) is 16.3 Å². The Morgan fingerprint density at radius 1 is 1.10 bits per heavy atom. The molecule has 114 valence electrons. The van der Waals surface area contributed by atoms with Gasteiger partial charge in [-0.05, 0) is 6.07 Å². The number of thiophene rings is 1. The number of benzene rings is 1. The van der Waals surface area contributed by atoms with E-state index in [9.17, 15) is 26.0 Å². The van der Waals surface area contributed by atoms with Crippen molar-refractivity contribution in [3.05, 3.63) is 45.7 Å². The lowest BCUT2D eigenvalue weighted by molar-refractivity contribution is 0.285. The number of anilines is 1. The molecule has 2 rings (SSSR count). The predicted octanol–water partition coefficient (Wildman–Crippen LogP) is 2.60. The number of aliphatic hydroxyl groups excluding tert-OH is 1. The molecular formula is C11H7F4NO3S2. The predicted molar refractivity (Wildman–Crippen MR) is 67.3 cm³/mol. The van der Waals surface area contributed by atoms with Crippen molar-refractivity contribution in [2.75, 3.05) is 4.72 Å². The van der Waals surface area contributed by atoms with Crippen molar-refractivity contribution < 1.29 is 31.1 Å². The largest absolute Gasteiger partial charge is 0.391 e. The summed E-state index contributed by atoms with van der Waals surface area (Å²) in [4.78, 5) is -0.0956. The molecule has 10 heteroatoms. The molecule has 1 aromatic heterocycles. The van der Waals surface area contributed by atoms with Crippen LogP contribution in [0.15, 0.2) is 22.4 Å². The Hall–Kier alpha value is -1.65. The molecule has 21 heavy (non-hydrogen) atoms. The van der Waals surface area contributed by atoms with Gasteiger partial charge in [-0.25, -0.2) is 26.0 Å². The Bertz CT molecular complexity index is 763. The highest BCUT2D eigenvalue weighted by atomic mass is 32.2. The summed E-state index contributed by atoms with van der Waals surface area (Å²) in [7, 11) is -4.45. The molecule has 1 heterocycles. The number of hydrogen-bond donors (Lipinski definition) is 2. The summed E-state index contributed by atoms with van der Waals surface area (Å²) in [5.74, 6) is -7.16. The van der Waals surface area contributed by atoms with E-state index >= 15 is 0 Å². The van der Waals surface area contributed by atoms with E-state index in [1.54, 1.807) is 0 Å². The van der Waals surface area contributed by atoms with Crippen LogP contribution in [0.3, 0.4) is 0 Å². The second kappa shape index (κ2) is 5.62. The van der Waals surface area contributed by atoms with Gasteiger partial charge in [-0.2, -0.15) is 0 Å². The van der Waals surface area contributed by atoms with Gasteiger partial charge in [0.15, 0.2) is 23.3 Å². The van der Waals surface area contributed by atoms with Crippen LogP contribution >= 0.6 is 11.3 Å². The van der Waals surface area contributed by atoms with Gasteiger partial charge in [-0.15, -0.1) is 11.3 Å². The van der Waals surface area contributed by atoms with E-state index < -0.39 is 45.6 Å². The molecule has 0 atom stereocenters. The van der Waals surface area contributed by atoms with Gasteiger partial charge >= 0.3 is 0 Å². The molecule has 0 radical (unpaired) electrons. The van der Waals surface area contributed by atoms with E-state index in [0.717, 1.165) is 22.8 Å². The normalized spacial score (nSPS) is 11.7. The molecule has 0 aliphatic carbocycles. The summed E-state index contributed by atoms with van der Waals surface area (Å²) in [6, 6.07) is 1.04. The Morgan fingerprint density at radius 3 is 2.14 bits per heavy atom. The van der Waals surface area contributed by atoms with E-state index in [2.05, 4.69) is 0 Å². The molecule has 2 N–H and O–H groups in total. The van der Waals surface area contributed by atoms with Crippen LogP contribution in [0.4, 0.5) is 23.2 Å². The number of sulfonamides is 1. The third-order valence-electron chi connectivity index (χ3n) is 2.44. The molecular weight excluding hydrogens is 334 g/mol. The second-order valence-corrected chi connectivity index (χ2v) is 6.53. The lowest BCUT2D eigenvalue weighted by Crippen LogP contribution is -2.16. The quantitative estimate of drug-likeness (QED) is 0.664. The van der Waals surface area contributed by atoms with E-state index in [0.29, 0.717) is 4.88 Å². The Balaban J connectivity index is 2.46. The maximum atomic E-state index is 13.4. The minimum Gasteiger partial charge on any atom is -0.391 e. The van der Waals surface area contributed by atoms with Gasteiger partial charge in [0.05, 0.1) is 11.5 Å². The maximum Gasteiger partial charge on any atom is 0.262 e. The van der Waals surface area contributed by atoms with Crippen molar-refractivity contribution >= 4 is 27.0 Å². The van der Waals surface area contributed by atoms with Gasteiger partial charge in [0.1, 0.15) is 5.69 Å². The zero-order valence-electron chi connectivity index (χ0n) is 10.0. The number of nitrogens with one attached hydrogen (secondary N) is 1. The Kier molecular flexibility index (Phi) is 4.21. The highest BCUT2D eigenvalue weighted by Gasteiger charge is 2.25. The topological polar surface area (TPSA) is 66.4 Å².